The smallest absolute Gasteiger partial charge is 0.167 e. The zero-order valence-corrected chi connectivity index (χ0v) is 14.5. The van der Waals surface area contributed by atoms with Gasteiger partial charge in [0, 0.05) is 18.7 Å². The van der Waals surface area contributed by atoms with Crippen LogP contribution in [0.25, 0.3) is 0 Å². The first kappa shape index (κ1) is 15.5. The lowest BCUT2D eigenvalue weighted by Gasteiger charge is -2.52. The molecule has 24 heavy (non-hydrogen) atoms. The number of ketones is 1. The van der Waals surface area contributed by atoms with Gasteiger partial charge >= 0.3 is 0 Å². The number of hydroxylamine groups is 1. The first-order chi connectivity index (χ1) is 11.4. The zero-order valence-electron chi connectivity index (χ0n) is 14.5. The second-order valence-corrected chi connectivity index (χ2v) is 8.14. The van der Waals surface area contributed by atoms with Crippen LogP contribution in [0.5, 0.6) is 0 Å². The lowest BCUT2D eigenvalue weighted by Crippen LogP contribution is -2.52. The molecule has 2 aliphatic heterocycles. The summed E-state index contributed by atoms with van der Waals surface area (Å²) < 4.78 is 0. The van der Waals surface area contributed by atoms with Crippen molar-refractivity contribution in [2.75, 3.05) is 6.54 Å². The molecule has 1 aromatic carbocycles. The monoisotopic (exact) mass is 324 g/mol. The lowest BCUT2D eigenvalue weighted by atomic mass is 9.70. The van der Waals surface area contributed by atoms with Crippen LogP contribution in [-0.4, -0.2) is 22.4 Å². The van der Waals surface area contributed by atoms with Gasteiger partial charge in [-0.15, -0.1) is 0 Å². The highest BCUT2D eigenvalue weighted by atomic mass is 16.5. The summed E-state index contributed by atoms with van der Waals surface area (Å²) in [5, 5.41) is 9.71. The van der Waals surface area contributed by atoms with E-state index in [2.05, 4.69) is 55.4 Å². The Bertz CT molecular complexity index is 791. The predicted octanol–water partition coefficient (Wildman–Crippen LogP) is 3.28. The fourth-order valence-corrected chi connectivity index (χ4v) is 4.68. The number of hydrogen-bond donors (Lipinski definition) is 2. The number of carbonyl (C=O) groups excluding carboxylic acids is 1. The van der Waals surface area contributed by atoms with Crippen molar-refractivity contribution in [3.8, 4) is 0 Å². The van der Waals surface area contributed by atoms with E-state index in [9.17, 15) is 10.0 Å². The Labute approximate surface area is 142 Å². The van der Waals surface area contributed by atoms with Gasteiger partial charge in [-0.2, -0.15) is 0 Å². The quantitative estimate of drug-likeness (QED) is 0.779. The van der Waals surface area contributed by atoms with Gasteiger partial charge in [-0.3, -0.25) is 15.5 Å². The highest BCUT2D eigenvalue weighted by Gasteiger charge is 2.47. The molecule has 0 bridgehead atoms. The molecule has 4 rings (SSSR count). The highest BCUT2D eigenvalue weighted by molar-refractivity contribution is 6.01. The molecule has 0 amide bonds. The van der Waals surface area contributed by atoms with Gasteiger partial charge in [-0.1, -0.05) is 38.1 Å². The molecule has 0 spiro atoms. The molecule has 0 radical (unpaired) electrons. The molecular weight excluding hydrogens is 300 g/mol. The average molecular weight is 324 g/mol. The van der Waals surface area contributed by atoms with Crippen LogP contribution in [0.1, 0.15) is 44.7 Å². The molecule has 4 heteroatoms. The van der Waals surface area contributed by atoms with Gasteiger partial charge in [0.05, 0.1) is 16.8 Å². The molecule has 4 nitrogen and oxygen atoms in total. The van der Waals surface area contributed by atoms with E-state index in [1.54, 1.807) is 0 Å². The normalized spacial score (nSPS) is 27.9. The summed E-state index contributed by atoms with van der Waals surface area (Å²) in [6.07, 6.45) is 4.36. The van der Waals surface area contributed by atoms with Crippen molar-refractivity contribution in [2.24, 2.45) is 5.41 Å². The third kappa shape index (κ3) is 2.06. The molecule has 0 saturated heterocycles. The van der Waals surface area contributed by atoms with Crippen molar-refractivity contribution in [2.45, 2.75) is 45.6 Å². The second kappa shape index (κ2) is 4.96. The molecule has 0 saturated carbocycles. The minimum Gasteiger partial charge on any atom is -0.361 e. The van der Waals surface area contributed by atoms with Gasteiger partial charge in [-0.05, 0) is 42.4 Å². The number of allylic oxidation sites excluding steroid dienone is 2. The van der Waals surface area contributed by atoms with Gasteiger partial charge in [0.25, 0.3) is 0 Å². The van der Waals surface area contributed by atoms with Crippen LogP contribution in [0, 0.1) is 5.41 Å². The van der Waals surface area contributed by atoms with Gasteiger partial charge in [-0.25, -0.2) is 0 Å². The highest BCUT2D eigenvalue weighted by Crippen LogP contribution is 2.49. The van der Waals surface area contributed by atoms with E-state index in [1.807, 2.05) is 6.08 Å². The van der Waals surface area contributed by atoms with E-state index >= 15 is 0 Å². The molecule has 0 aromatic heterocycles. The standard InChI is InChI=1S/C20H24N2O2/c1-19(2)11-16-18(17(23)12-19)15(21-24)10-20(3)14-7-5-4-6-13(14)8-9-22(16)20/h4-7,10,21,24H,8-9,11-12H2,1-3H3/t20-/m0/s1. The SMILES string of the molecule is CC1(C)CC(=O)C2=C(C1)N1CCc3ccccc3[C@]1(C)C=C2NO. The van der Waals surface area contributed by atoms with Crippen LogP contribution in [0.15, 0.2) is 47.3 Å². The average Bonchev–Trinajstić information content (AvgIpc) is 2.52. The molecule has 2 heterocycles. The van der Waals surface area contributed by atoms with E-state index in [4.69, 9.17) is 0 Å². The van der Waals surface area contributed by atoms with E-state index in [0.717, 1.165) is 25.1 Å². The van der Waals surface area contributed by atoms with Crippen molar-refractivity contribution in [1.82, 2.24) is 10.4 Å². The van der Waals surface area contributed by atoms with Crippen molar-refractivity contribution in [3.63, 3.8) is 0 Å². The van der Waals surface area contributed by atoms with Crippen LogP contribution in [0.4, 0.5) is 0 Å². The maximum absolute atomic E-state index is 12.8. The Morgan fingerprint density at radius 2 is 1.92 bits per heavy atom. The number of carbonyl (C=O) groups is 1. The molecule has 3 aliphatic rings. The van der Waals surface area contributed by atoms with Crippen LogP contribution in [0.3, 0.4) is 0 Å². The number of Topliss-reactive ketones (excluding diaryl/α,β-unsaturated/α-hetero) is 1. The molecule has 1 atom stereocenters. The minimum atomic E-state index is -0.341. The van der Waals surface area contributed by atoms with E-state index in [-0.39, 0.29) is 16.7 Å². The maximum atomic E-state index is 12.8. The van der Waals surface area contributed by atoms with Crippen molar-refractivity contribution < 1.29 is 10.0 Å². The Hall–Kier alpha value is -2.07. The van der Waals surface area contributed by atoms with Crippen molar-refractivity contribution in [1.29, 1.82) is 0 Å². The number of benzene rings is 1. The molecule has 126 valence electrons. The summed E-state index contributed by atoms with van der Waals surface area (Å²) in [6, 6.07) is 8.48. The Balaban J connectivity index is 1.93. The summed E-state index contributed by atoms with van der Waals surface area (Å²) in [4.78, 5) is 15.1. The Morgan fingerprint density at radius 3 is 2.67 bits per heavy atom. The van der Waals surface area contributed by atoms with Crippen LogP contribution < -0.4 is 5.48 Å². The number of hydrogen-bond acceptors (Lipinski definition) is 4. The summed E-state index contributed by atoms with van der Waals surface area (Å²) in [5.41, 5.74) is 6.82. The fraction of sp³-hybridized carbons (Fsp3) is 0.450. The van der Waals surface area contributed by atoms with Gasteiger partial charge in [0.2, 0.25) is 0 Å². The first-order valence-corrected chi connectivity index (χ1v) is 8.61. The van der Waals surface area contributed by atoms with Crippen LogP contribution in [-0.2, 0) is 16.8 Å². The third-order valence-corrected chi connectivity index (χ3v) is 5.72. The Morgan fingerprint density at radius 1 is 1.17 bits per heavy atom. The van der Waals surface area contributed by atoms with Crippen molar-refractivity contribution >= 4 is 5.78 Å². The van der Waals surface area contributed by atoms with E-state index in [1.165, 1.54) is 11.1 Å². The van der Waals surface area contributed by atoms with Crippen LogP contribution >= 0.6 is 0 Å². The molecule has 1 aromatic rings. The third-order valence-electron chi connectivity index (χ3n) is 5.72. The van der Waals surface area contributed by atoms with E-state index in [0.29, 0.717) is 17.7 Å². The Kier molecular flexibility index (Phi) is 3.20. The largest absolute Gasteiger partial charge is 0.361 e. The van der Waals surface area contributed by atoms with E-state index < -0.39 is 0 Å². The van der Waals surface area contributed by atoms with Crippen molar-refractivity contribution in [3.05, 3.63) is 58.4 Å². The topological polar surface area (TPSA) is 52.6 Å². The van der Waals surface area contributed by atoms with Gasteiger partial charge in [0.1, 0.15) is 0 Å². The number of rotatable bonds is 1. The summed E-state index contributed by atoms with van der Waals surface area (Å²) in [7, 11) is 0. The van der Waals surface area contributed by atoms with Gasteiger partial charge < -0.3 is 4.90 Å². The number of fused-ring (bicyclic) bond motifs is 4. The van der Waals surface area contributed by atoms with Crippen LogP contribution in [0.2, 0.25) is 0 Å². The molecule has 2 N–H and O–H groups in total. The maximum Gasteiger partial charge on any atom is 0.167 e. The molecular formula is C20H24N2O2. The molecule has 0 fully saturated rings. The fourth-order valence-electron chi connectivity index (χ4n) is 4.68. The summed E-state index contributed by atoms with van der Waals surface area (Å²) in [5.74, 6) is 0.120. The first-order valence-electron chi connectivity index (χ1n) is 8.61. The minimum absolute atomic E-state index is 0.0499. The number of nitrogens with zero attached hydrogens (tertiary/aromatic N) is 1. The summed E-state index contributed by atoms with van der Waals surface area (Å²) in [6.45, 7) is 7.37. The molecule has 0 unspecified atom stereocenters. The predicted molar refractivity (Wildman–Crippen MR) is 92.3 cm³/mol. The second-order valence-electron chi connectivity index (χ2n) is 8.14. The van der Waals surface area contributed by atoms with Gasteiger partial charge in [0.15, 0.2) is 5.78 Å². The summed E-state index contributed by atoms with van der Waals surface area (Å²) >= 11 is 0. The zero-order chi connectivity index (χ0) is 17.1. The lowest BCUT2D eigenvalue weighted by molar-refractivity contribution is -0.118. The molecule has 1 aliphatic carbocycles. The number of nitrogens with one attached hydrogen (secondary N) is 1.